The van der Waals surface area contributed by atoms with Gasteiger partial charge in [0.1, 0.15) is 0 Å². The minimum Gasteiger partial charge on any atom is -0.351 e. The zero-order chi connectivity index (χ0) is 24.7. The third-order valence-electron chi connectivity index (χ3n) is 5.46. The monoisotopic (exact) mass is 496 g/mol. The Kier molecular flexibility index (Phi) is 8.80. The van der Waals surface area contributed by atoms with E-state index in [2.05, 4.69) is 36.5 Å². The summed E-state index contributed by atoms with van der Waals surface area (Å²) in [6.07, 6.45) is 1.22. The van der Waals surface area contributed by atoms with E-state index in [0.29, 0.717) is 17.8 Å². The number of sulfonamides is 1. The standard InChI is InChI=1S/C27H32N2O3S2/c1-20-6-5-7-24(16-20)19-33-15-14-28-27(30)25-12-10-23(11-13-25)18-29(34(4,31)32)26-17-21(2)8-9-22(26)3/h5-13,16-17H,14-15,18-19H2,1-4H3,(H,28,30). The average molecular weight is 497 g/mol. The molecule has 0 heterocycles. The van der Waals surface area contributed by atoms with Gasteiger partial charge in [0, 0.05) is 23.6 Å². The van der Waals surface area contributed by atoms with Gasteiger partial charge in [0.25, 0.3) is 5.91 Å². The molecule has 3 rings (SSSR count). The van der Waals surface area contributed by atoms with Crippen LogP contribution in [0, 0.1) is 20.8 Å². The van der Waals surface area contributed by atoms with Crippen LogP contribution in [0.2, 0.25) is 0 Å². The van der Waals surface area contributed by atoms with Crippen molar-refractivity contribution in [1.29, 1.82) is 0 Å². The zero-order valence-corrected chi connectivity index (χ0v) is 21.8. The van der Waals surface area contributed by atoms with E-state index < -0.39 is 10.0 Å². The second-order valence-corrected chi connectivity index (χ2v) is 11.6. The van der Waals surface area contributed by atoms with Gasteiger partial charge in [-0.3, -0.25) is 9.10 Å². The quantitative estimate of drug-likeness (QED) is 0.390. The molecule has 0 saturated carbocycles. The number of amides is 1. The maximum atomic E-state index is 12.5. The number of hydrogen-bond acceptors (Lipinski definition) is 4. The number of rotatable bonds is 10. The number of nitrogens with zero attached hydrogens (tertiary/aromatic N) is 1. The summed E-state index contributed by atoms with van der Waals surface area (Å²) in [5, 5.41) is 2.95. The van der Waals surface area contributed by atoms with E-state index in [1.807, 2.05) is 44.2 Å². The fourth-order valence-corrected chi connectivity index (χ4v) is 5.37. The van der Waals surface area contributed by atoms with Crippen molar-refractivity contribution in [3.05, 3.63) is 100 Å². The Hall–Kier alpha value is -2.77. The van der Waals surface area contributed by atoms with Crippen LogP contribution in [0.5, 0.6) is 0 Å². The summed E-state index contributed by atoms with van der Waals surface area (Å²) in [4.78, 5) is 12.5. The summed E-state index contributed by atoms with van der Waals surface area (Å²) in [5.74, 6) is 1.62. The summed E-state index contributed by atoms with van der Waals surface area (Å²) in [6, 6.07) is 21.3. The number of anilines is 1. The van der Waals surface area contributed by atoms with E-state index in [4.69, 9.17) is 0 Å². The Labute approximate surface area is 207 Å². The van der Waals surface area contributed by atoms with Crippen LogP contribution in [0.1, 0.15) is 38.2 Å². The predicted octanol–water partition coefficient (Wildman–Crippen LogP) is 5.24. The normalized spacial score (nSPS) is 11.3. The average Bonchev–Trinajstić information content (AvgIpc) is 2.78. The first-order chi connectivity index (χ1) is 16.1. The Morgan fingerprint density at radius 2 is 1.62 bits per heavy atom. The van der Waals surface area contributed by atoms with Gasteiger partial charge in [0.15, 0.2) is 0 Å². The molecule has 5 nitrogen and oxygen atoms in total. The number of carbonyl (C=O) groups excluding carboxylic acids is 1. The second kappa shape index (κ2) is 11.6. The van der Waals surface area contributed by atoms with E-state index in [-0.39, 0.29) is 12.5 Å². The summed E-state index contributed by atoms with van der Waals surface area (Å²) < 4.78 is 26.4. The number of thioether (sulfide) groups is 1. The van der Waals surface area contributed by atoms with Crippen LogP contribution < -0.4 is 9.62 Å². The van der Waals surface area contributed by atoms with E-state index in [0.717, 1.165) is 28.2 Å². The maximum Gasteiger partial charge on any atom is 0.251 e. The van der Waals surface area contributed by atoms with Crippen molar-refractivity contribution in [2.75, 3.05) is 22.9 Å². The first-order valence-electron chi connectivity index (χ1n) is 11.2. The lowest BCUT2D eigenvalue weighted by atomic mass is 10.1. The lowest BCUT2D eigenvalue weighted by molar-refractivity contribution is 0.0956. The van der Waals surface area contributed by atoms with Crippen molar-refractivity contribution >= 4 is 33.4 Å². The molecule has 3 aromatic carbocycles. The van der Waals surface area contributed by atoms with Crippen molar-refractivity contribution in [3.63, 3.8) is 0 Å². The Morgan fingerprint density at radius 1 is 0.912 bits per heavy atom. The first kappa shape index (κ1) is 25.8. The Balaban J connectivity index is 1.55. The van der Waals surface area contributed by atoms with Gasteiger partial charge in [0.2, 0.25) is 10.0 Å². The molecule has 1 amide bonds. The molecule has 0 aliphatic rings. The van der Waals surface area contributed by atoms with Gasteiger partial charge >= 0.3 is 0 Å². The molecular weight excluding hydrogens is 464 g/mol. The van der Waals surface area contributed by atoms with E-state index in [1.165, 1.54) is 21.7 Å². The van der Waals surface area contributed by atoms with Gasteiger partial charge in [-0.05, 0) is 61.2 Å². The fourth-order valence-electron chi connectivity index (χ4n) is 3.63. The first-order valence-corrected chi connectivity index (χ1v) is 14.2. The molecule has 0 aliphatic carbocycles. The lowest BCUT2D eigenvalue weighted by Gasteiger charge is -2.25. The van der Waals surface area contributed by atoms with Gasteiger partial charge in [-0.25, -0.2) is 8.42 Å². The molecule has 0 unspecified atom stereocenters. The molecule has 0 spiro atoms. The predicted molar refractivity (Wildman–Crippen MR) is 143 cm³/mol. The van der Waals surface area contributed by atoms with Crippen LogP contribution in [0.3, 0.4) is 0 Å². The van der Waals surface area contributed by atoms with Crippen LogP contribution in [-0.2, 0) is 22.3 Å². The lowest BCUT2D eigenvalue weighted by Crippen LogP contribution is -2.30. The summed E-state index contributed by atoms with van der Waals surface area (Å²) >= 11 is 1.79. The molecule has 0 saturated heterocycles. The Bertz CT molecular complexity index is 1240. The van der Waals surface area contributed by atoms with Crippen molar-refractivity contribution < 1.29 is 13.2 Å². The number of benzene rings is 3. The van der Waals surface area contributed by atoms with Gasteiger partial charge < -0.3 is 5.32 Å². The molecule has 0 bridgehead atoms. The van der Waals surface area contributed by atoms with E-state index in [1.54, 1.807) is 23.9 Å². The number of nitrogens with one attached hydrogen (secondary N) is 1. The molecule has 0 fully saturated rings. The van der Waals surface area contributed by atoms with Crippen LogP contribution >= 0.6 is 11.8 Å². The largest absolute Gasteiger partial charge is 0.351 e. The highest BCUT2D eigenvalue weighted by molar-refractivity contribution is 7.98. The SMILES string of the molecule is Cc1cccc(CSCCNC(=O)c2ccc(CN(c3cc(C)ccc3C)S(C)(=O)=O)cc2)c1. The van der Waals surface area contributed by atoms with Gasteiger partial charge in [-0.15, -0.1) is 0 Å². The van der Waals surface area contributed by atoms with Crippen molar-refractivity contribution in [1.82, 2.24) is 5.32 Å². The minimum atomic E-state index is -3.47. The third-order valence-corrected chi connectivity index (χ3v) is 7.62. The van der Waals surface area contributed by atoms with Crippen molar-refractivity contribution in [2.24, 2.45) is 0 Å². The molecule has 1 N–H and O–H groups in total. The molecule has 34 heavy (non-hydrogen) atoms. The molecule has 180 valence electrons. The third kappa shape index (κ3) is 7.37. The number of aryl methyl sites for hydroxylation is 3. The maximum absolute atomic E-state index is 12.5. The molecule has 3 aromatic rings. The molecule has 7 heteroatoms. The van der Waals surface area contributed by atoms with Crippen LogP contribution in [0.15, 0.2) is 66.7 Å². The van der Waals surface area contributed by atoms with E-state index in [9.17, 15) is 13.2 Å². The van der Waals surface area contributed by atoms with E-state index >= 15 is 0 Å². The van der Waals surface area contributed by atoms with Crippen LogP contribution in [0.25, 0.3) is 0 Å². The summed E-state index contributed by atoms with van der Waals surface area (Å²) in [7, 11) is -3.47. The summed E-state index contributed by atoms with van der Waals surface area (Å²) in [6.45, 7) is 6.73. The summed E-state index contributed by atoms with van der Waals surface area (Å²) in [5.41, 5.74) is 6.49. The highest BCUT2D eigenvalue weighted by Crippen LogP contribution is 2.26. The molecule has 0 aliphatic heterocycles. The topological polar surface area (TPSA) is 66.5 Å². The highest BCUT2D eigenvalue weighted by Gasteiger charge is 2.20. The number of carbonyl (C=O) groups is 1. The van der Waals surface area contributed by atoms with Crippen molar-refractivity contribution in [2.45, 2.75) is 33.1 Å². The zero-order valence-electron chi connectivity index (χ0n) is 20.2. The fraction of sp³-hybridized carbons (Fsp3) is 0.296. The van der Waals surface area contributed by atoms with Crippen LogP contribution in [0.4, 0.5) is 5.69 Å². The van der Waals surface area contributed by atoms with Crippen molar-refractivity contribution in [3.8, 4) is 0 Å². The smallest absolute Gasteiger partial charge is 0.251 e. The molecule has 0 atom stereocenters. The minimum absolute atomic E-state index is 0.128. The molecule has 0 aromatic heterocycles. The van der Waals surface area contributed by atoms with Gasteiger partial charge in [-0.2, -0.15) is 11.8 Å². The van der Waals surface area contributed by atoms with Crippen LogP contribution in [-0.4, -0.2) is 32.9 Å². The second-order valence-electron chi connectivity index (χ2n) is 8.55. The van der Waals surface area contributed by atoms with Gasteiger partial charge in [0.05, 0.1) is 18.5 Å². The molecule has 0 radical (unpaired) electrons. The number of hydrogen-bond donors (Lipinski definition) is 1. The van der Waals surface area contributed by atoms with Gasteiger partial charge in [-0.1, -0.05) is 54.1 Å². The molecular formula is C27H32N2O3S2. The Morgan fingerprint density at radius 3 is 2.29 bits per heavy atom. The highest BCUT2D eigenvalue weighted by atomic mass is 32.2.